The number of carbonyl (C=O) groups is 1. The molecule has 2 heterocycles. The van der Waals surface area contributed by atoms with Crippen LogP contribution in [0.25, 0.3) is 11.0 Å². The minimum absolute atomic E-state index is 0.0439. The minimum Gasteiger partial charge on any atom is -0.493 e. The SMILES string of the molecule is C=CCc1ccccc1OCCCCn1c(CCCCCNC(=O)C2CCCO2)nc2ccccc21. The fourth-order valence-corrected chi connectivity index (χ4v) is 4.78. The summed E-state index contributed by atoms with van der Waals surface area (Å²) in [5.74, 6) is 2.15. The van der Waals surface area contributed by atoms with Crippen molar-refractivity contribution in [3.8, 4) is 5.75 Å². The quantitative estimate of drug-likeness (QED) is 0.222. The number of carbonyl (C=O) groups excluding carboxylic acids is 1. The lowest BCUT2D eigenvalue weighted by molar-refractivity contribution is -0.130. The number of nitrogens with one attached hydrogen (secondary N) is 1. The van der Waals surface area contributed by atoms with Crippen LogP contribution in [-0.4, -0.2) is 41.3 Å². The van der Waals surface area contributed by atoms with Crippen molar-refractivity contribution in [2.24, 2.45) is 0 Å². The molecule has 1 aromatic heterocycles. The van der Waals surface area contributed by atoms with Crippen molar-refractivity contribution in [1.29, 1.82) is 0 Å². The number of rotatable bonds is 15. The van der Waals surface area contributed by atoms with Crippen molar-refractivity contribution in [2.45, 2.75) is 70.4 Å². The molecule has 0 spiro atoms. The number of unbranched alkanes of at least 4 members (excludes halogenated alkanes) is 3. The lowest BCUT2D eigenvalue weighted by Crippen LogP contribution is -2.34. The van der Waals surface area contributed by atoms with Gasteiger partial charge in [-0.25, -0.2) is 4.98 Å². The molecule has 1 atom stereocenters. The van der Waals surface area contributed by atoms with Crippen molar-refractivity contribution in [3.05, 3.63) is 72.6 Å². The highest BCUT2D eigenvalue weighted by atomic mass is 16.5. The average molecular weight is 490 g/mol. The second-order valence-electron chi connectivity index (χ2n) is 9.43. The van der Waals surface area contributed by atoms with E-state index in [2.05, 4.69) is 46.8 Å². The zero-order valence-corrected chi connectivity index (χ0v) is 21.3. The molecule has 192 valence electrons. The smallest absolute Gasteiger partial charge is 0.249 e. The largest absolute Gasteiger partial charge is 0.493 e. The molecule has 1 saturated heterocycles. The summed E-state index contributed by atoms with van der Waals surface area (Å²) in [7, 11) is 0. The summed E-state index contributed by atoms with van der Waals surface area (Å²) in [6.45, 7) is 6.90. The van der Waals surface area contributed by atoms with Crippen LogP contribution < -0.4 is 10.1 Å². The number of fused-ring (bicyclic) bond motifs is 1. The van der Waals surface area contributed by atoms with E-state index in [1.807, 2.05) is 24.3 Å². The van der Waals surface area contributed by atoms with Gasteiger partial charge in [0, 0.05) is 26.1 Å². The van der Waals surface area contributed by atoms with E-state index < -0.39 is 0 Å². The number of amides is 1. The molecule has 0 radical (unpaired) electrons. The van der Waals surface area contributed by atoms with Gasteiger partial charge in [0.25, 0.3) is 0 Å². The molecular weight excluding hydrogens is 450 g/mol. The number of nitrogens with zero attached hydrogens (tertiary/aromatic N) is 2. The third kappa shape index (κ3) is 7.20. The highest BCUT2D eigenvalue weighted by Crippen LogP contribution is 2.21. The van der Waals surface area contributed by atoms with E-state index in [0.717, 1.165) is 81.4 Å². The van der Waals surface area contributed by atoms with Crippen LogP contribution in [0.1, 0.15) is 56.3 Å². The topological polar surface area (TPSA) is 65.4 Å². The summed E-state index contributed by atoms with van der Waals surface area (Å²) in [4.78, 5) is 17.0. The van der Waals surface area contributed by atoms with Crippen LogP contribution in [0.3, 0.4) is 0 Å². The van der Waals surface area contributed by atoms with Crippen molar-refractivity contribution >= 4 is 16.9 Å². The number of allylic oxidation sites excluding steroid dienone is 1. The Kier molecular flexibility index (Phi) is 9.97. The van der Waals surface area contributed by atoms with E-state index >= 15 is 0 Å². The molecule has 1 unspecified atom stereocenters. The van der Waals surface area contributed by atoms with Gasteiger partial charge >= 0.3 is 0 Å². The highest BCUT2D eigenvalue weighted by molar-refractivity contribution is 5.80. The normalized spacial score (nSPS) is 15.3. The predicted molar refractivity (Wildman–Crippen MR) is 144 cm³/mol. The van der Waals surface area contributed by atoms with E-state index in [1.165, 1.54) is 11.1 Å². The molecule has 1 aliphatic heterocycles. The van der Waals surface area contributed by atoms with Gasteiger partial charge in [0.2, 0.25) is 5.91 Å². The molecular formula is C30H39N3O3. The number of imidazole rings is 1. The van der Waals surface area contributed by atoms with Gasteiger partial charge in [-0.3, -0.25) is 4.79 Å². The Hall–Kier alpha value is -3.12. The summed E-state index contributed by atoms with van der Waals surface area (Å²) in [5, 5.41) is 3.02. The van der Waals surface area contributed by atoms with Gasteiger partial charge < -0.3 is 19.4 Å². The summed E-state index contributed by atoms with van der Waals surface area (Å²) >= 11 is 0. The Morgan fingerprint density at radius 1 is 1.11 bits per heavy atom. The first kappa shape index (κ1) is 26.0. The second-order valence-corrected chi connectivity index (χ2v) is 9.43. The zero-order valence-electron chi connectivity index (χ0n) is 21.3. The van der Waals surface area contributed by atoms with E-state index in [1.54, 1.807) is 0 Å². The van der Waals surface area contributed by atoms with Crippen LogP contribution in [0.4, 0.5) is 0 Å². The first-order valence-electron chi connectivity index (χ1n) is 13.4. The molecule has 1 aliphatic rings. The van der Waals surface area contributed by atoms with E-state index in [9.17, 15) is 4.79 Å². The number of aryl methyl sites for hydroxylation is 2. The monoisotopic (exact) mass is 489 g/mol. The van der Waals surface area contributed by atoms with E-state index in [0.29, 0.717) is 19.8 Å². The Morgan fingerprint density at radius 2 is 1.97 bits per heavy atom. The molecule has 2 aromatic carbocycles. The van der Waals surface area contributed by atoms with Gasteiger partial charge in [-0.2, -0.15) is 0 Å². The number of aromatic nitrogens is 2. The maximum Gasteiger partial charge on any atom is 0.249 e. The van der Waals surface area contributed by atoms with E-state index in [-0.39, 0.29) is 12.0 Å². The highest BCUT2D eigenvalue weighted by Gasteiger charge is 2.22. The first-order chi connectivity index (χ1) is 17.8. The Bertz CT molecular complexity index is 1120. The molecule has 1 N–H and O–H groups in total. The number of benzene rings is 2. The Balaban J connectivity index is 1.22. The zero-order chi connectivity index (χ0) is 25.0. The van der Waals surface area contributed by atoms with Crippen molar-refractivity contribution in [1.82, 2.24) is 14.9 Å². The fourth-order valence-electron chi connectivity index (χ4n) is 4.78. The standard InChI is InChI=1S/C30H39N3O3/c1-2-13-24-14-5-8-17-27(24)35-22-11-10-21-33-26-16-7-6-15-25(26)32-29(33)19-4-3-9-20-31-30(34)28-18-12-23-36-28/h2,5-8,14-17,28H,1,3-4,9-13,18-23H2,(H,31,34). The molecule has 6 nitrogen and oxygen atoms in total. The van der Waals surface area contributed by atoms with Gasteiger partial charge in [0.05, 0.1) is 17.6 Å². The number of hydrogen-bond donors (Lipinski definition) is 1. The van der Waals surface area contributed by atoms with Gasteiger partial charge in [-0.15, -0.1) is 6.58 Å². The molecule has 4 rings (SSSR count). The van der Waals surface area contributed by atoms with Crippen LogP contribution in [-0.2, 0) is 28.9 Å². The third-order valence-electron chi connectivity index (χ3n) is 6.70. The molecule has 0 saturated carbocycles. The molecule has 1 amide bonds. The van der Waals surface area contributed by atoms with Gasteiger partial charge in [-0.1, -0.05) is 42.8 Å². The summed E-state index contributed by atoms with van der Waals surface area (Å²) in [6, 6.07) is 16.6. The maximum absolute atomic E-state index is 12.1. The second kappa shape index (κ2) is 13.8. The van der Waals surface area contributed by atoms with Crippen molar-refractivity contribution < 1.29 is 14.3 Å². The maximum atomic E-state index is 12.1. The summed E-state index contributed by atoms with van der Waals surface area (Å²) in [5.41, 5.74) is 3.45. The number of hydrogen-bond acceptors (Lipinski definition) is 4. The van der Waals surface area contributed by atoms with Gasteiger partial charge in [-0.05, 0) is 68.7 Å². The molecule has 6 heteroatoms. The van der Waals surface area contributed by atoms with Crippen LogP contribution in [0.5, 0.6) is 5.75 Å². The molecule has 3 aromatic rings. The van der Waals surface area contributed by atoms with Gasteiger partial charge in [0.1, 0.15) is 17.7 Å². The molecule has 1 fully saturated rings. The van der Waals surface area contributed by atoms with Crippen LogP contribution >= 0.6 is 0 Å². The van der Waals surface area contributed by atoms with Crippen molar-refractivity contribution in [3.63, 3.8) is 0 Å². The molecule has 36 heavy (non-hydrogen) atoms. The van der Waals surface area contributed by atoms with Gasteiger partial charge in [0.15, 0.2) is 0 Å². The lowest BCUT2D eigenvalue weighted by atomic mass is 10.1. The summed E-state index contributed by atoms with van der Waals surface area (Å²) in [6.07, 6.45) is 10.4. The predicted octanol–water partition coefficient (Wildman–Crippen LogP) is 5.63. The Morgan fingerprint density at radius 3 is 2.83 bits per heavy atom. The third-order valence-corrected chi connectivity index (χ3v) is 6.70. The average Bonchev–Trinajstić information content (AvgIpc) is 3.56. The number of ether oxygens (including phenoxy) is 2. The first-order valence-corrected chi connectivity index (χ1v) is 13.4. The fraction of sp³-hybridized carbons (Fsp3) is 0.467. The van der Waals surface area contributed by atoms with Crippen LogP contribution in [0.15, 0.2) is 61.2 Å². The van der Waals surface area contributed by atoms with Crippen LogP contribution in [0.2, 0.25) is 0 Å². The molecule has 0 bridgehead atoms. The minimum atomic E-state index is -0.239. The lowest BCUT2D eigenvalue weighted by Gasteiger charge is -2.12. The van der Waals surface area contributed by atoms with E-state index in [4.69, 9.17) is 14.5 Å². The van der Waals surface area contributed by atoms with Crippen molar-refractivity contribution in [2.75, 3.05) is 19.8 Å². The van der Waals surface area contributed by atoms with Crippen LogP contribution in [0, 0.1) is 0 Å². The molecule has 0 aliphatic carbocycles. The summed E-state index contributed by atoms with van der Waals surface area (Å²) < 4.78 is 13.9. The number of para-hydroxylation sites is 3. The Labute approximate surface area is 214 Å².